The van der Waals surface area contributed by atoms with Crippen molar-refractivity contribution < 1.29 is 9.53 Å². The number of hydrogen-bond donors (Lipinski definition) is 1. The average Bonchev–Trinajstić information content (AvgIpc) is 2.63. The van der Waals surface area contributed by atoms with Crippen LogP contribution in [0.25, 0.3) is 0 Å². The average molecular weight is 414 g/mol. The second-order valence-electron chi connectivity index (χ2n) is 5.08. The highest BCUT2D eigenvalue weighted by atomic mass is 35.5. The van der Waals surface area contributed by atoms with E-state index in [0.717, 1.165) is 11.1 Å². The number of nitrogens with zero attached hydrogens (tertiary/aromatic N) is 3. The van der Waals surface area contributed by atoms with E-state index in [1.165, 1.54) is 19.5 Å². The zero-order valence-corrected chi connectivity index (χ0v) is 16.2. The van der Waals surface area contributed by atoms with Crippen LogP contribution >= 0.6 is 34.8 Å². The number of benzene rings is 1. The molecular formula is C17H15Cl3N4O2. The Morgan fingerprint density at radius 2 is 2.04 bits per heavy atom. The van der Waals surface area contributed by atoms with E-state index in [2.05, 4.69) is 25.2 Å². The highest BCUT2D eigenvalue weighted by Crippen LogP contribution is 2.20. The zero-order chi connectivity index (χ0) is 19.1. The number of carbonyl (C=O) groups excluding carboxylic acids is 1. The van der Waals surface area contributed by atoms with Crippen LogP contribution in [0.1, 0.15) is 23.6 Å². The number of carbonyl (C=O) groups is 1. The number of alkyl carbamates (subject to hydrolysis) is 1. The molecule has 0 spiro atoms. The molecule has 6 nitrogen and oxygen atoms in total. The largest absolute Gasteiger partial charge is 0.453 e. The Balaban J connectivity index is 2.18. The first-order chi connectivity index (χ1) is 12.4. The van der Waals surface area contributed by atoms with Gasteiger partial charge in [-0.3, -0.25) is 0 Å². The lowest BCUT2D eigenvalue weighted by Crippen LogP contribution is -2.22. The minimum Gasteiger partial charge on any atom is -0.453 e. The van der Waals surface area contributed by atoms with Crippen LogP contribution in [0.4, 0.5) is 4.79 Å². The molecule has 1 heterocycles. The molecule has 0 aliphatic rings. The van der Waals surface area contributed by atoms with Crippen LogP contribution in [0.2, 0.25) is 15.2 Å². The first-order valence-corrected chi connectivity index (χ1v) is 8.54. The molecule has 1 N–H and O–H groups in total. The third-order valence-electron chi connectivity index (χ3n) is 3.35. The normalized spacial score (nSPS) is 11.7. The minimum absolute atomic E-state index is 0.233. The fourth-order valence-electron chi connectivity index (χ4n) is 1.95. The van der Waals surface area contributed by atoms with E-state index in [0.29, 0.717) is 21.3 Å². The summed E-state index contributed by atoms with van der Waals surface area (Å²) in [6.07, 6.45) is 2.41. The van der Waals surface area contributed by atoms with Gasteiger partial charge in [0.25, 0.3) is 0 Å². The van der Waals surface area contributed by atoms with E-state index in [4.69, 9.17) is 34.8 Å². The Kier molecular flexibility index (Phi) is 7.38. The van der Waals surface area contributed by atoms with Crippen molar-refractivity contribution in [2.45, 2.75) is 13.5 Å². The fourth-order valence-corrected chi connectivity index (χ4v) is 2.58. The summed E-state index contributed by atoms with van der Waals surface area (Å²) in [5.41, 5.74) is 2.67. The molecule has 0 unspecified atom stereocenters. The summed E-state index contributed by atoms with van der Waals surface area (Å²) >= 11 is 18.2. The lowest BCUT2D eigenvalue weighted by molar-refractivity contribution is 0.170. The van der Waals surface area contributed by atoms with Crippen molar-refractivity contribution >= 4 is 52.8 Å². The molecule has 0 bridgehead atoms. The van der Waals surface area contributed by atoms with E-state index < -0.39 is 6.09 Å². The molecule has 1 aromatic carbocycles. The highest BCUT2D eigenvalue weighted by Gasteiger charge is 2.07. The number of amides is 1. The van der Waals surface area contributed by atoms with E-state index in [-0.39, 0.29) is 11.7 Å². The molecule has 1 aromatic heterocycles. The van der Waals surface area contributed by atoms with Crippen molar-refractivity contribution in [1.82, 2.24) is 10.3 Å². The second kappa shape index (κ2) is 9.52. The summed E-state index contributed by atoms with van der Waals surface area (Å²) in [6.45, 7) is 2.03. The van der Waals surface area contributed by atoms with Gasteiger partial charge in [0.2, 0.25) is 0 Å². The number of methoxy groups -OCH3 is 1. The summed E-state index contributed by atoms with van der Waals surface area (Å²) < 4.78 is 4.54. The van der Waals surface area contributed by atoms with Gasteiger partial charge in [0, 0.05) is 17.8 Å². The maximum absolute atomic E-state index is 11.2. The molecular weight excluding hydrogens is 399 g/mol. The Hall–Kier alpha value is -2.15. The smallest absolute Gasteiger partial charge is 0.407 e. The van der Waals surface area contributed by atoms with E-state index in [1.807, 2.05) is 12.1 Å². The van der Waals surface area contributed by atoms with Crippen molar-refractivity contribution in [2.75, 3.05) is 7.11 Å². The number of pyridine rings is 1. The summed E-state index contributed by atoms with van der Waals surface area (Å²) in [5.74, 6) is 0. The molecule has 0 aliphatic carbocycles. The predicted octanol–water partition coefficient (Wildman–Crippen LogP) is 4.74. The van der Waals surface area contributed by atoms with Gasteiger partial charge < -0.3 is 10.1 Å². The van der Waals surface area contributed by atoms with Gasteiger partial charge >= 0.3 is 6.09 Å². The Morgan fingerprint density at radius 3 is 2.73 bits per heavy atom. The topological polar surface area (TPSA) is 75.9 Å². The van der Waals surface area contributed by atoms with Crippen LogP contribution in [0.15, 0.2) is 40.7 Å². The Bertz CT molecular complexity index is 849. The Labute approximate surface area is 165 Å². The van der Waals surface area contributed by atoms with Crippen molar-refractivity contribution in [2.24, 2.45) is 10.2 Å². The number of hydrogen-bond acceptors (Lipinski definition) is 5. The quantitative estimate of drug-likeness (QED) is 0.437. The third kappa shape index (κ3) is 5.42. The number of halogens is 3. The Morgan fingerprint density at radius 1 is 1.27 bits per heavy atom. The number of aromatic nitrogens is 1. The predicted molar refractivity (Wildman–Crippen MR) is 105 cm³/mol. The third-order valence-corrected chi connectivity index (χ3v) is 4.35. The molecule has 136 valence electrons. The number of rotatable bonds is 5. The molecule has 0 saturated heterocycles. The molecule has 0 fully saturated rings. The molecule has 1 amide bonds. The van der Waals surface area contributed by atoms with Crippen LogP contribution in [-0.2, 0) is 11.3 Å². The first-order valence-electron chi connectivity index (χ1n) is 7.40. The van der Waals surface area contributed by atoms with Gasteiger partial charge in [-0.2, -0.15) is 10.2 Å². The maximum atomic E-state index is 11.2. The van der Waals surface area contributed by atoms with E-state index >= 15 is 0 Å². The van der Waals surface area contributed by atoms with Gasteiger partial charge in [0.05, 0.1) is 29.6 Å². The highest BCUT2D eigenvalue weighted by molar-refractivity contribution is 6.37. The fraction of sp³-hybridized carbons (Fsp3) is 0.176. The van der Waals surface area contributed by atoms with Crippen LogP contribution in [0, 0.1) is 0 Å². The van der Waals surface area contributed by atoms with Crippen molar-refractivity contribution in [3.8, 4) is 0 Å². The van der Waals surface area contributed by atoms with Gasteiger partial charge in [-0.05, 0) is 36.2 Å². The zero-order valence-electron chi connectivity index (χ0n) is 14.0. The van der Waals surface area contributed by atoms with Crippen molar-refractivity contribution in [3.63, 3.8) is 0 Å². The van der Waals surface area contributed by atoms with Crippen LogP contribution in [0.5, 0.6) is 0 Å². The van der Waals surface area contributed by atoms with Crippen LogP contribution in [0.3, 0.4) is 0 Å². The van der Waals surface area contributed by atoms with Gasteiger partial charge in [-0.1, -0.05) is 40.9 Å². The molecule has 9 heteroatoms. The van der Waals surface area contributed by atoms with Gasteiger partial charge in [-0.15, -0.1) is 0 Å². The lowest BCUT2D eigenvalue weighted by atomic mass is 10.1. The van der Waals surface area contributed by atoms with Crippen molar-refractivity contribution in [1.29, 1.82) is 0 Å². The van der Waals surface area contributed by atoms with E-state index in [1.54, 1.807) is 19.1 Å². The monoisotopic (exact) mass is 412 g/mol. The molecule has 2 rings (SSSR count). The van der Waals surface area contributed by atoms with Gasteiger partial charge in [-0.25, -0.2) is 9.78 Å². The van der Waals surface area contributed by atoms with Crippen LogP contribution in [-0.4, -0.2) is 30.1 Å². The summed E-state index contributed by atoms with van der Waals surface area (Å²) in [7, 11) is 1.29. The lowest BCUT2D eigenvalue weighted by Gasteiger charge is -2.08. The van der Waals surface area contributed by atoms with Gasteiger partial charge in [0.1, 0.15) is 5.15 Å². The molecule has 2 aromatic rings. The van der Waals surface area contributed by atoms with Crippen LogP contribution < -0.4 is 5.32 Å². The molecule has 0 radical (unpaired) electrons. The standard InChI is InChI=1S/C17H15Cl3N4O2/c1-10(24-23-9-13-15(19)5-6-21-16(13)20)11-3-4-14(18)12(7-11)8-22-17(25)26-2/h3-7,9H,8H2,1-2H3,(H,22,25)/b23-9+,24-10+. The summed E-state index contributed by atoms with van der Waals surface area (Å²) in [4.78, 5) is 15.1. The minimum atomic E-state index is -0.535. The molecule has 26 heavy (non-hydrogen) atoms. The maximum Gasteiger partial charge on any atom is 0.407 e. The SMILES string of the molecule is COC(=O)NCc1cc(/C(C)=N/N=C/c2c(Cl)ccnc2Cl)ccc1Cl. The van der Waals surface area contributed by atoms with E-state index in [9.17, 15) is 4.79 Å². The molecule has 0 saturated carbocycles. The molecule has 0 atom stereocenters. The second-order valence-corrected chi connectivity index (χ2v) is 6.25. The first kappa shape index (κ1) is 20.2. The van der Waals surface area contributed by atoms with Crippen molar-refractivity contribution in [3.05, 3.63) is 62.4 Å². The summed E-state index contributed by atoms with van der Waals surface area (Å²) in [5, 5.41) is 11.9. The van der Waals surface area contributed by atoms with Gasteiger partial charge in [0.15, 0.2) is 0 Å². The number of nitrogens with one attached hydrogen (secondary N) is 1. The summed E-state index contributed by atoms with van der Waals surface area (Å²) in [6, 6.07) is 6.97. The number of ether oxygens (including phenoxy) is 1. The molecule has 0 aliphatic heterocycles.